The molecule has 0 bridgehead atoms. The van der Waals surface area contributed by atoms with E-state index in [1.165, 1.54) is 25.0 Å². The van der Waals surface area contributed by atoms with Crippen LogP contribution in [0.5, 0.6) is 0 Å². The molecule has 17 heavy (non-hydrogen) atoms. The van der Waals surface area contributed by atoms with Crippen LogP contribution in [-0.4, -0.2) is 22.6 Å². The SMILES string of the molecule is CC(C)n1cncc1C(CN)NCCC1CC1. The van der Waals surface area contributed by atoms with Crippen LogP contribution >= 0.6 is 0 Å². The summed E-state index contributed by atoms with van der Waals surface area (Å²) in [5.41, 5.74) is 7.07. The molecule has 0 aromatic carbocycles. The molecule has 3 N–H and O–H groups in total. The Bertz CT molecular complexity index is 341. The first-order chi connectivity index (χ1) is 8.22. The summed E-state index contributed by atoms with van der Waals surface area (Å²) in [6.07, 6.45) is 7.94. The van der Waals surface area contributed by atoms with E-state index in [2.05, 4.69) is 28.7 Å². The molecule has 1 saturated carbocycles. The summed E-state index contributed by atoms with van der Waals surface area (Å²) in [5.74, 6) is 0.968. The Morgan fingerprint density at radius 3 is 2.88 bits per heavy atom. The molecule has 1 aliphatic rings. The number of rotatable bonds is 7. The highest BCUT2D eigenvalue weighted by atomic mass is 15.1. The van der Waals surface area contributed by atoms with Crippen molar-refractivity contribution in [1.29, 1.82) is 0 Å². The fourth-order valence-corrected chi connectivity index (χ4v) is 2.19. The van der Waals surface area contributed by atoms with Crippen molar-refractivity contribution in [2.45, 2.75) is 45.2 Å². The highest BCUT2D eigenvalue weighted by Gasteiger charge is 2.21. The molecule has 4 heteroatoms. The molecule has 1 fully saturated rings. The number of hydrogen-bond donors (Lipinski definition) is 2. The smallest absolute Gasteiger partial charge is 0.0951 e. The Balaban J connectivity index is 1.92. The zero-order chi connectivity index (χ0) is 12.3. The van der Waals surface area contributed by atoms with Crippen molar-refractivity contribution in [2.75, 3.05) is 13.1 Å². The Kier molecular flexibility index (Phi) is 4.18. The molecule has 1 aliphatic carbocycles. The predicted molar refractivity (Wildman–Crippen MR) is 69.8 cm³/mol. The van der Waals surface area contributed by atoms with Crippen LogP contribution in [0, 0.1) is 5.92 Å². The van der Waals surface area contributed by atoms with E-state index in [1.54, 1.807) is 0 Å². The van der Waals surface area contributed by atoms with Gasteiger partial charge < -0.3 is 15.6 Å². The van der Waals surface area contributed by atoms with Gasteiger partial charge >= 0.3 is 0 Å². The molecule has 0 aliphatic heterocycles. The topological polar surface area (TPSA) is 55.9 Å². The lowest BCUT2D eigenvalue weighted by atomic mass is 10.2. The van der Waals surface area contributed by atoms with Crippen molar-refractivity contribution < 1.29 is 0 Å². The molecule has 1 aromatic rings. The van der Waals surface area contributed by atoms with Crippen LogP contribution < -0.4 is 11.1 Å². The van der Waals surface area contributed by atoms with Crippen LogP contribution in [0.4, 0.5) is 0 Å². The molecule has 96 valence electrons. The van der Waals surface area contributed by atoms with Crippen LogP contribution in [0.15, 0.2) is 12.5 Å². The average Bonchev–Trinajstić information content (AvgIpc) is 2.99. The summed E-state index contributed by atoms with van der Waals surface area (Å²) >= 11 is 0. The summed E-state index contributed by atoms with van der Waals surface area (Å²) in [6, 6.07) is 0.672. The summed E-state index contributed by atoms with van der Waals surface area (Å²) in [5, 5.41) is 3.55. The maximum absolute atomic E-state index is 5.86. The van der Waals surface area contributed by atoms with Gasteiger partial charge in [0.1, 0.15) is 0 Å². The largest absolute Gasteiger partial charge is 0.331 e. The normalized spacial score (nSPS) is 17.6. The van der Waals surface area contributed by atoms with Gasteiger partial charge in [-0.3, -0.25) is 0 Å². The summed E-state index contributed by atoms with van der Waals surface area (Å²) < 4.78 is 2.20. The molecule has 0 saturated heterocycles. The zero-order valence-corrected chi connectivity index (χ0v) is 10.9. The minimum absolute atomic E-state index is 0.235. The molecule has 0 spiro atoms. The van der Waals surface area contributed by atoms with Crippen molar-refractivity contribution in [3.63, 3.8) is 0 Å². The second-order valence-corrected chi connectivity index (χ2v) is 5.29. The Morgan fingerprint density at radius 2 is 2.29 bits per heavy atom. The third kappa shape index (κ3) is 3.30. The second-order valence-electron chi connectivity index (χ2n) is 5.29. The Morgan fingerprint density at radius 1 is 1.53 bits per heavy atom. The van der Waals surface area contributed by atoms with Crippen LogP contribution in [-0.2, 0) is 0 Å². The van der Waals surface area contributed by atoms with Crippen molar-refractivity contribution in [1.82, 2.24) is 14.9 Å². The zero-order valence-electron chi connectivity index (χ0n) is 10.9. The van der Waals surface area contributed by atoms with Crippen LogP contribution in [0.3, 0.4) is 0 Å². The molecule has 1 aromatic heterocycles. The van der Waals surface area contributed by atoms with Gasteiger partial charge in [0.15, 0.2) is 0 Å². The summed E-state index contributed by atoms with van der Waals surface area (Å²) in [4.78, 5) is 4.24. The van der Waals surface area contributed by atoms with E-state index in [0.717, 1.165) is 12.5 Å². The maximum Gasteiger partial charge on any atom is 0.0951 e. The van der Waals surface area contributed by atoms with Gasteiger partial charge in [-0.25, -0.2) is 4.98 Å². The van der Waals surface area contributed by atoms with E-state index < -0.39 is 0 Å². The number of nitrogens with one attached hydrogen (secondary N) is 1. The third-order valence-electron chi connectivity index (χ3n) is 3.49. The summed E-state index contributed by atoms with van der Waals surface area (Å²) in [6.45, 7) is 6.03. The number of aromatic nitrogens is 2. The minimum atomic E-state index is 0.235. The lowest BCUT2D eigenvalue weighted by molar-refractivity contribution is 0.468. The molecule has 1 atom stereocenters. The molecule has 0 radical (unpaired) electrons. The van der Waals surface area contributed by atoms with E-state index in [0.29, 0.717) is 12.6 Å². The number of imidazole rings is 1. The quantitative estimate of drug-likeness (QED) is 0.759. The van der Waals surface area contributed by atoms with Crippen LogP contribution in [0.2, 0.25) is 0 Å². The van der Waals surface area contributed by atoms with E-state index in [-0.39, 0.29) is 6.04 Å². The number of nitrogens with zero attached hydrogens (tertiary/aromatic N) is 2. The monoisotopic (exact) mass is 236 g/mol. The second kappa shape index (κ2) is 5.65. The van der Waals surface area contributed by atoms with Crippen LogP contribution in [0.25, 0.3) is 0 Å². The lowest BCUT2D eigenvalue weighted by Gasteiger charge is -2.20. The maximum atomic E-state index is 5.86. The van der Waals surface area contributed by atoms with Crippen LogP contribution in [0.1, 0.15) is 50.9 Å². The van der Waals surface area contributed by atoms with E-state index >= 15 is 0 Å². The van der Waals surface area contributed by atoms with Gasteiger partial charge in [-0.2, -0.15) is 0 Å². The molecule has 1 unspecified atom stereocenters. The van der Waals surface area contributed by atoms with Crippen molar-refractivity contribution in [3.8, 4) is 0 Å². The van der Waals surface area contributed by atoms with Gasteiger partial charge in [0.25, 0.3) is 0 Å². The van der Waals surface area contributed by atoms with Crippen molar-refractivity contribution in [2.24, 2.45) is 11.7 Å². The molecule has 1 heterocycles. The van der Waals surface area contributed by atoms with E-state index in [9.17, 15) is 0 Å². The fraction of sp³-hybridized carbons (Fsp3) is 0.769. The first-order valence-electron chi connectivity index (χ1n) is 6.67. The van der Waals surface area contributed by atoms with E-state index in [4.69, 9.17) is 5.73 Å². The van der Waals surface area contributed by atoms with Gasteiger partial charge in [-0.15, -0.1) is 0 Å². The number of nitrogens with two attached hydrogens (primary N) is 1. The van der Waals surface area contributed by atoms with Gasteiger partial charge in [0.05, 0.1) is 18.1 Å². The molecule has 2 rings (SSSR count). The predicted octanol–water partition coefficient (Wildman–Crippen LogP) is 1.85. The Labute approximate surface area is 104 Å². The van der Waals surface area contributed by atoms with Gasteiger partial charge in [0, 0.05) is 18.8 Å². The van der Waals surface area contributed by atoms with Crippen molar-refractivity contribution >= 4 is 0 Å². The summed E-state index contributed by atoms with van der Waals surface area (Å²) in [7, 11) is 0. The molecule has 0 amide bonds. The molecular weight excluding hydrogens is 212 g/mol. The highest BCUT2D eigenvalue weighted by Crippen LogP contribution is 2.32. The van der Waals surface area contributed by atoms with Gasteiger partial charge in [0.2, 0.25) is 0 Å². The fourth-order valence-electron chi connectivity index (χ4n) is 2.19. The number of hydrogen-bond acceptors (Lipinski definition) is 3. The van der Waals surface area contributed by atoms with Gasteiger partial charge in [-0.1, -0.05) is 12.8 Å². The molecular formula is C13H24N4. The first-order valence-corrected chi connectivity index (χ1v) is 6.67. The Hall–Kier alpha value is -0.870. The lowest BCUT2D eigenvalue weighted by Crippen LogP contribution is -2.31. The van der Waals surface area contributed by atoms with Gasteiger partial charge in [-0.05, 0) is 32.7 Å². The molecule has 4 nitrogen and oxygen atoms in total. The third-order valence-corrected chi connectivity index (χ3v) is 3.49. The average molecular weight is 236 g/mol. The standard InChI is InChI=1S/C13H24N4/c1-10(2)17-9-15-8-13(17)12(7-14)16-6-5-11-3-4-11/h8-12,16H,3-7,14H2,1-2H3. The first kappa shape index (κ1) is 12.6. The van der Waals surface area contributed by atoms with Crippen molar-refractivity contribution in [3.05, 3.63) is 18.2 Å². The van der Waals surface area contributed by atoms with E-state index in [1.807, 2.05) is 12.5 Å². The highest BCUT2D eigenvalue weighted by molar-refractivity contribution is 5.07. The minimum Gasteiger partial charge on any atom is -0.331 e.